The second-order valence-corrected chi connectivity index (χ2v) is 5.93. The number of aryl methyl sites for hydroxylation is 1. The Balaban J connectivity index is 2.50. The molecule has 0 saturated carbocycles. The van der Waals surface area contributed by atoms with E-state index in [-0.39, 0.29) is 17.5 Å². The molecule has 84 valence electrons. The molecular weight excluding hydrogens is 212 g/mol. The van der Waals surface area contributed by atoms with Crippen molar-refractivity contribution in [3.63, 3.8) is 0 Å². The molecule has 0 aliphatic heterocycles. The molecule has 1 atom stereocenters. The monoisotopic (exact) mass is 228 g/mol. The highest BCUT2D eigenvalue weighted by Gasteiger charge is 2.13. The molecule has 0 saturated heterocycles. The summed E-state index contributed by atoms with van der Waals surface area (Å²) in [5.41, 5.74) is 6.44. The summed E-state index contributed by atoms with van der Waals surface area (Å²) in [5.74, 6) is 0.205. The quantitative estimate of drug-likeness (QED) is 0.791. The Morgan fingerprint density at radius 1 is 1.40 bits per heavy atom. The van der Waals surface area contributed by atoms with E-state index in [0.717, 1.165) is 5.56 Å². The number of nitrogens with two attached hydrogens (primary N) is 1. The van der Waals surface area contributed by atoms with Gasteiger partial charge in [-0.05, 0) is 31.0 Å². The van der Waals surface area contributed by atoms with E-state index in [1.54, 1.807) is 19.3 Å². The molecule has 15 heavy (non-hydrogen) atoms. The van der Waals surface area contributed by atoms with Crippen LogP contribution in [0.4, 0.5) is 0 Å². The lowest BCUT2D eigenvalue weighted by molar-refractivity contribution is 0.589. The smallest absolute Gasteiger partial charge is 0.152 e. The maximum Gasteiger partial charge on any atom is 0.152 e. The van der Waals surface area contributed by atoms with Crippen molar-refractivity contribution in [1.82, 2.24) is 4.98 Å². The Kier molecular flexibility index (Phi) is 4.23. The Bertz CT molecular complexity index is 387. The molecule has 0 aliphatic carbocycles. The lowest BCUT2D eigenvalue weighted by Gasteiger charge is -2.06. The topological polar surface area (TPSA) is 73.1 Å². The molecule has 5 heteroatoms. The number of nitrogens with zero attached hydrogens (tertiary/aromatic N) is 1. The van der Waals surface area contributed by atoms with Crippen LogP contribution in [0.1, 0.15) is 12.5 Å². The standard InChI is InChI=1S/C10H16N2O2S/c1-9(11)8-15(13,14)7-4-10-2-5-12-6-3-10/h2-3,5-6,9H,4,7-8,11H2,1H3. The van der Waals surface area contributed by atoms with Crippen molar-refractivity contribution in [2.75, 3.05) is 11.5 Å². The van der Waals surface area contributed by atoms with Crippen LogP contribution >= 0.6 is 0 Å². The van der Waals surface area contributed by atoms with E-state index in [9.17, 15) is 8.42 Å². The molecule has 0 amide bonds. The van der Waals surface area contributed by atoms with Gasteiger partial charge in [0.25, 0.3) is 0 Å². The number of pyridine rings is 1. The molecule has 1 unspecified atom stereocenters. The van der Waals surface area contributed by atoms with Crippen molar-refractivity contribution < 1.29 is 8.42 Å². The average molecular weight is 228 g/mol. The van der Waals surface area contributed by atoms with E-state index in [1.807, 2.05) is 12.1 Å². The zero-order valence-corrected chi connectivity index (χ0v) is 9.57. The maximum atomic E-state index is 11.5. The summed E-state index contributed by atoms with van der Waals surface area (Å²) in [7, 11) is -3.02. The minimum atomic E-state index is -3.02. The summed E-state index contributed by atoms with van der Waals surface area (Å²) in [6.45, 7) is 1.70. The first kappa shape index (κ1) is 12.1. The third kappa shape index (κ3) is 4.90. The van der Waals surface area contributed by atoms with Gasteiger partial charge in [-0.15, -0.1) is 0 Å². The second kappa shape index (κ2) is 5.23. The third-order valence-corrected chi connectivity index (χ3v) is 3.83. The summed E-state index contributed by atoms with van der Waals surface area (Å²) in [5, 5.41) is 0. The molecule has 0 bridgehead atoms. The molecule has 1 rings (SSSR count). The van der Waals surface area contributed by atoms with E-state index in [2.05, 4.69) is 4.98 Å². The molecule has 0 aliphatic rings. The molecule has 0 spiro atoms. The molecule has 0 radical (unpaired) electrons. The summed E-state index contributed by atoms with van der Waals surface area (Å²) in [4.78, 5) is 3.87. The number of rotatable bonds is 5. The fraction of sp³-hybridized carbons (Fsp3) is 0.500. The first-order valence-corrected chi connectivity index (χ1v) is 6.66. The van der Waals surface area contributed by atoms with Gasteiger partial charge in [0.15, 0.2) is 9.84 Å². The Hall–Kier alpha value is -0.940. The normalized spacial score (nSPS) is 13.7. The zero-order valence-electron chi connectivity index (χ0n) is 8.76. The van der Waals surface area contributed by atoms with Crippen LogP contribution in [0.3, 0.4) is 0 Å². The van der Waals surface area contributed by atoms with Gasteiger partial charge in [-0.1, -0.05) is 0 Å². The predicted molar refractivity (Wildman–Crippen MR) is 60.2 cm³/mol. The highest BCUT2D eigenvalue weighted by Crippen LogP contribution is 2.02. The van der Waals surface area contributed by atoms with Crippen LogP contribution in [0.2, 0.25) is 0 Å². The maximum absolute atomic E-state index is 11.5. The van der Waals surface area contributed by atoms with E-state index in [1.165, 1.54) is 0 Å². The van der Waals surface area contributed by atoms with Gasteiger partial charge in [0, 0.05) is 18.4 Å². The van der Waals surface area contributed by atoms with Gasteiger partial charge in [0.05, 0.1) is 11.5 Å². The molecule has 4 nitrogen and oxygen atoms in total. The number of hydrogen-bond donors (Lipinski definition) is 1. The van der Waals surface area contributed by atoms with Crippen molar-refractivity contribution in [3.05, 3.63) is 30.1 Å². The zero-order chi connectivity index (χ0) is 11.3. The fourth-order valence-corrected chi connectivity index (χ4v) is 2.82. The predicted octanol–water partition coefficient (Wildman–Crippen LogP) is 0.386. The molecule has 0 aromatic carbocycles. The summed E-state index contributed by atoms with van der Waals surface area (Å²) >= 11 is 0. The van der Waals surface area contributed by atoms with Crippen molar-refractivity contribution in [2.45, 2.75) is 19.4 Å². The highest BCUT2D eigenvalue weighted by atomic mass is 32.2. The Labute approximate surface area is 90.4 Å². The number of hydrogen-bond acceptors (Lipinski definition) is 4. The van der Waals surface area contributed by atoms with Crippen LogP contribution in [-0.4, -0.2) is 30.9 Å². The van der Waals surface area contributed by atoms with E-state index < -0.39 is 9.84 Å². The van der Waals surface area contributed by atoms with Crippen LogP contribution < -0.4 is 5.73 Å². The lowest BCUT2D eigenvalue weighted by Crippen LogP contribution is -2.28. The van der Waals surface area contributed by atoms with Gasteiger partial charge in [-0.25, -0.2) is 8.42 Å². The van der Waals surface area contributed by atoms with Crippen molar-refractivity contribution >= 4 is 9.84 Å². The van der Waals surface area contributed by atoms with Crippen LogP contribution in [0.5, 0.6) is 0 Å². The molecule has 1 aromatic heterocycles. The molecular formula is C10H16N2O2S. The van der Waals surface area contributed by atoms with E-state index in [4.69, 9.17) is 5.73 Å². The second-order valence-electron chi connectivity index (χ2n) is 3.70. The van der Waals surface area contributed by atoms with Gasteiger partial charge in [0.1, 0.15) is 0 Å². The molecule has 1 aromatic rings. The minimum Gasteiger partial charge on any atom is -0.327 e. The first-order chi connectivity index (χ1) is 6.99. The van der Waals surface area contributed by atoms with Crippen LogP contribution in [0.15, 0.2) is 24.5 Å². The summed E-state index contributed by atoms with van der Waals surface area (Å²) in [6.07, 6.45) is 3.85. The van der Waals surface area contributed by atoms with Crippen LogP contribution in [-0.2, 0) is 16.3 Å². The molecule has 1 heterocycles. The van der Waals surface area contributed by atoms with E-state index in [0.29, 0.717) is 6.42 Å². The van der Waals surface area contributed by atoms with Gasteiger partial charge < -0.3 is 5.73 Å². The van der Waals surface area contributed by atoms with Crippen molar-refractivity contribution in [3.8, 4) is 0 Å². The van der Waals surface area contributed by atoms with Crippen molar-refractivity contribution in [1.29, 1.82) is 0 Å². The molecule has 0 fully saturated rings. The lowest BCUT2D eigenvalue weighted by atomic mass is 10.2. The van der Waals surface area contributed by atoms with Crippen LogP contribution in [0, 0.1) is 0 Å². The largest absolute Gasteiger partial charge is 0.327 e. The summed E-state index contributed by atoms with van der Waals surface area (Å²) < 4.78 is 23.0. The average Bonchev–Trinajstić information content (AvgIpc) is 2.15. The Morgan fingerprint density at radius 2 is 2.00 bits per heavy atom. The fourth-order valence-electron chi connectivity index (χ4n) is 1.31. The van der Waals surface area contributed by atoms with Gasteiger partial charge >= 0.3 is 0 Å². The van der Waals surface area contributed by atoms with E-state index >= 15 is 0 Å². The summed E-state index contributed by atoms with van der Waals surface area (Å²) in [6, 6.07) is 3.34. The van der Waals surface area contributed by atoms with Gasteiger partial charge in [-0.2, -0.15) is 0 Å². The first-order valence-electron chi connectivity index (χ1n) is 4.84. The number of sulfone groups is 1. The Morgan fingerprint density at radius 3 is 2.53 bits per heavy atom. The molecule has 2 N–H and O–H groups in total. The number of aromatic nitrogens is 1. The SMILES string of the molecule is CC(N)CS(=O)(=O)CCc1ccncc1. The van der Waals surface area contributed by atoms with Crippen molar-refractivity contribution in [2.24, 2.45) is 5.73 Å². The van der Waals surface area contributed by atoms with Gasteiger partial charge in [0.2, 0.25) is 0 Å². The van der Waals surface area contributed by atoms with Crippen LogP contribution in [0.25, 0.3) is 0 Å². The third-order valence-electron chi connectivity index (χ3n) is 1.97. The van der Waals surface area contributed by atoms with Gasteiger partial charge in [-0.3, -0.25) is 4.98 Å². The highest BCUT2D eigenvalue weighted by molar-refractivity contribution is 7.91. The minimum absolute atomic E-state index is 0.0537.